The monoisotopic (exact) mass is 375 g/mol. The molecule has 2 aliphatic rings. The van der Waals surface area contributed by atoms with Gasteiger partial charge in [0.05, 0.1) is 26.9 Å². The molecule has 2 bridgehead atoms. The predicted octanol–water partition coefficient (Wildman–Crippen LogP) is 4.13. The van der Waals surface area contributed by atoms with Crippen molar-refractivity contribution in [3.63, 3.8) is 0 Å². The number of carbonyl (C=O) groups is 1. The van der Waals surface area contributed by atoms with Gasteiger partial charge in [0, 0.05) is 6.42 Å². The molecule has 0 aromatic heterocycles. The van der Waals surface area contributed by atoms with Gasteiger partial charge < -0.3 is 0 Å². The molecule has 2 aliphatic carbocycles. The number of hydrogen-bond donors (Lipinski definition) is 1. The van der Waals surface area contributed by atoms with Crippen molar-refractivity contribution in [3.05, 3.63) is 28.2 Å². The Hall–Kier alpha value is -0.780. The molecule has 3 rings (SSSR count). The quantitative estimate of drug-likeness (QED) is 0.860. The number of fused-ring (bicyclic) bond motifs is 2. The molecule has 0 spiro atoms. The Labute approximate surface area is 146 Å². The van der Waals surface area contributed by atoms with Crippen molar-refractivity contribution in [3.8, 4) is 0 Å². The van der Waals surface area contributed by atoms with E-state index in [1.54, 1.807) is 6.07 Å². The molecule has 2 saturated carbocycles. The largest absolute Gasteiger partial charge is 0.299 e. The van der Waals surface area contributed by atoms with E-state index in [-0.39, 0.29) is 27.9 Å². The van der Waals surface area contributed by atoms with Crippen LogP contribution in [0.3, 0.4) is 0 Å². The first kappa shape index (κ1) is 17.1. The number of benzene rings is 1. The van der Waals surface area contributed by atoms with Gasteiger partial charge in [0.1, 0.15) is 5.78 Å². The fourth-order valence-electron chi connectivity index (χ4n) is 4.21. The summed E-state index contributed by atoms with van der Waals surface area (Å²) in [4.78, 5) is 12.5. The second-order valence-corrected chi connectivity index (χ2v) is 9.69. The Kier molecular flexibility index (Phi) is 3.98. The van der Waals surface area contributed by atoms with Crippen LogP contribution >= 0.6 is 23.2 Å². The highest BCUT2D eigenvalue weighted by Gasteiger charge is 2.65. The van der Waals surface area contributed by atoms with E-state index in [9.17, 15) is 13.2 Å². The van der Waals surface area contributed by atoms with Crippen LogP contribution in [0.2, 0.25) is 10.0 Å². The smallest absolute Gasteiger partial charge is 0.233 e. The van der Waals surface area contributed by atoms with Gasteiger partial charge in [-0.05, 0) is 42.4 Å². The molecule has 0 aliphatic heterocycles. The summed E-state index contributed by atoms with van der Waals surface area (Å²) >= 11 is 11.8. The van der Waals surface area contributed by atoms with Gasteiger partial charge in [-0.2, -0.15) is 0 Å². The van der Waals surface area contributed by atoms with Crippen LogP contribution in [0.25, 0.3) is 0 Å². The van der Waals surface area contributed by atoms with Crippen molar-refractivity contribution >= 4 is 44.7 Å². The number of ketones is 1. The van der Waals surface area contributed by atoms with E-state index in [0.29, 0.717) is 23.6 Å². The van der Waals surface area contributed by atoms with E-state index in [1.165, 1.54) is 12.1 Å². The number of nitrogens with one attached hydrogen (secondary N) is 1. The van der Waals surface area contributed by atoms with Gasteiger partial charge in [0.25, 0.3) is 0 Å². The van der Waals surface area contributed by atoms with Gasteiger partial charge >= 0.3 is 0 Å². The average Bonchev–Trinajstić information content (AvgIpc) is 2.76. The zero-order valence-corrected chi connectivity index (χ0v) is 15.4. The molecule has 7 heteroatoms. The molecular formula is C16H19Cl2NO3S. The Balaban J connectivity index is 1.86. The number of sulfonamides is 1. The zero-order chi connectivity index (χ0) is 17.0. The second kappa shape index (κ2) is 5.36. The number of Topliss-reactive ketones (excluding diaryl/α,β-unsaturated/α-hetero) is 1. The lowest BCUT2D eigenvalue weighted by Gasteiger charge is -2.36. The topological polar surface area (TPSA) is 63.2 Å². The molecule has 0 unspecified atom stereocenters. The van der Waals surface area contributed by atoms with Gasteiger partial charge in [-0.1, -0.05) is 37.0 Å². The van der Waals surface area contributed by atoms with Gasteiger partial charge in [0.2, 0.25) is 10.0 Å². The standard InChI is InChI=1S/C16H19Cl2NO3S/c1-15(2)10-5-6-16(15,14(20)7-10)9-23(21,22)19-11-3-4-12(17)13(18)8-11/h3-4,8,10,19H,5-7,9H2,1-2H3/t10-,16+/m0/s1. The normalized spacial score (nSPS) is 29.0. The summed E-state index contributed by atoms with van der Waals surface area (Å²) in [5.74, 6) is 0.191. The number of halogens is 2. The Morgan fingerprint density at radius 2 is 1.96 bits per heavy atom. The second-order valence-electron chi connectivity index (χ2n) is 7.16. The highest BCUT2D eigenvalue weighted by atomic mass is 35.5. The number of rotatable bonds is 4. The molecule has 1 aromatic rings. The third-order valence-electron chi connectivity index (χ3n) is 5.77. The van der Waals surface area contributed by atoms with Crippen LogP contribution < -0.4 is 4.72 Å². The van der Waals surface area contributed by atoms with Crippen LogP contribution in [0.15, 0.2) is 18.2 Å². The molecule has 126 valence electrons. The SMILES string of the molecule is CC1(C)[C@H]2CC[C@@]1(CS(=O)(=O)Nc1ccc(Cl)c(Cl)c1)C(=O)C2. The first-order valence-corrected chi connectivity index (χ1v) is 9.97. The zero-order valence-electron chi connectivity index (χ0n) is 13.0. The van der Waals surface area contributed by atoms with Gasteiger partial charge in [-0.3, -0.25) is 9.52 Å². The molecule has 0 heterocycles. The summed E-state index contributed by atoms with van der Waals surface area (Å²) in [6.45, 7) is 4.04. The number of carbonyl (C=O) groups excluding carboxylic acids is 1. The van der Waals surface area contributed by atoms with Crippen molar-refractivity contribution in [2.24, 2.45) is 16.7 Å². The van der Waals surface area contributed by atoms with Crippen molar-refractivity contribution in [1.82, 2.24) is 0 Å². The summed E-state index contributed by atoms with van der Waals surface area (Å²) in [5, 5.41) is 0.641. The maximum absolute atomic E-state index is 12.6. The molecule has 1 aromatic carbocycles. The molecule has 0 amide bonds. The fraction of sp³-hybridized carbons (Fsp3) is 0.562. The minimum Gasteiger partial charge on any atom is -0.299 e. The molecular weight excluding hydrogens is 357 g/mol. The van der Waals surface area contributed by atoms with Gasteiger partial charge in [-0.25, -0.2) is 8.42 Å². The Bertz CT molecular complexity index is 776. The van der Waals surface area contributed by atoms with E-state index in [1.807, 2.05) is 13.8 Å². The Morgan fingerprint density at radius 1 is 1.26 bits per heavy atom. The molecule has 23 heavy (non-hydrogen) atoms. The minimum absolute atomic E-state index is 0.0817. The van der Waals surface area contributed by atoms with E-state index in [0.717, 1.165) is 6.42 Å². The predicted molar refractivity (Wildman–Crippen MR) is 92.4 cm³/mol. The summed E-state index contributed by atoms with van der Waals surface area (Å²) in [6, 6.07) is 4.57. The van der Waals surface area contributed by atoms with Crippen LogP contribution in [0.1, 0.15) is 33.1 Å². The third-order valence-corrected chi connectivity index (χ3v) is 7.93. The van der Waals surface area contributed by atoms with Crippen LogP contribution in [0, 0.1) is 16.7 Å². The van der Waals surface area contributed by atoms with Crippen molar-refractivity contribution in [1.29, 1.82) is 0 Å². The molecule has 2 fully saturated rings. The van der Waals surface area contributed by atoms with E-state index in [2.05, 4.69) is 4.72 Å². The highest BCUT2D eigenvalue weighted by molar-refractivity contribution is 7.92. The summed E-state index contributed by atoms with van der Waals surface area (Å²) < 4.78 is 27.8. The van der Waals surface area contributed by atoms with Crippen LogP contribution in [-0.2, 0) is 14.8 Å². The third kappa shape index (κ3) is 2.67. The van der Waals surface area contributed by atoms with E-state index in [4.69, 9.17) is 23.2 Å². The maximum atomic E-state index is 12.6. The van der Waals surface area contributed by atoms with Crippen molar-refractivity contribution < 1.29 is 13.2 Å². The lowest BCUT2D eigenvalue weighted by Crippen LogP contribution is -2.43. The van der Waals surface area contributed by atoms with Crippen molar-refractivity contribution in [2.75, 3.05) is 10.5 Å². The van der Waals surface area contributed by atoms with Gasteiger partial charge in [0.15, 0.2) is 0 Å². The van der Waals surface area contributed by atoms with Crippen LogP contribution in [0.5, 0.6) is 0 Å². The maximum Gasteiger partial charge on any atom is 0.233 e. The van der Waals surface area contributed by atoms with Crippen LogP contribution in [-0.4, -0.2) is 20.0 Å². The lowest BCUT2D eigenvalue weighted by atomic mass is 9.70. The van der Waals surface area contributed by atoms with Crippen LogP contribution in [0.4, 0.5) is 5.69 Å². The Morgan fingerprint density at radius 3 is 2.48 bits per heavy atom. The summed E-state index contributed by atoms with van der Waals surface area (Å²) in [5.41, 5.74) is -0.704. The van der Waals surface area contributed by atoms with E-state index >= 15 is 0 Å². The summed E-state index contributed by atoms with van der Waals surface area (Å²) in [7, 11) is -3.67. The fourth-order valence-corrected chi connectivity index (χ4v) is 6.39. The average molecular weight is 376 g/mol. The number of hydrogen-bond acceptors (Lipinski definition) is 3. The van der Waals surface area contributed by atoms with Gasteiger partial charge in [-0.15, -0.1) is 0 Å². The first-order chi connectivity index (χ1) is 10.6. The molecule has 4 nitrogen and oxygen atoms in total. The summed E-state index contributed by atoms with van der Waals surface area (Å²) in [6.07, 6.45) is 2.06. The van der Waals surface area contributed by atoms with Crippen molar-refractivity contribution in [2.45, 2.75) is 33.1 Å². The highest BCUT2D eigenvalue weighted by Crippen LogP contribution is 2.64. The molecule has 0 saturated heterocycles. The molecule has 0 radical (unpaired) electrons. The molecule has 1 N–H and O–H groups in total. The lowest BCUT2D eigenvalue weighted by molar-refractivity contribution is -0.128. The van der Waals surface area contributed by atoms with E-state index < -0.39 is 15.4 Å². The number of anilines is 1. The minimum atomic E-state index is -3.67. The first-order valence-electron chi connectivity index (χ1n) is 7.56. The molecule has 2 atom stereocenters.